The number of aromatic nitrogens is 4. The molecule has 0 atom stereocenters. The van der Waals surface area contributed by atoms with Crippen LogP contribution in [-0.4, -0.2) is 26.7 Å². The smallest absolute Gasteiger partial charge is 0.274 e. The van der Waals surface area contributed by atoms with E-state index in [4.69, 9.17) is 11.6 Å². The number of anilines is 1. The summed E-state index contributed by atoms with van der Waals surface area (Å²) in [5.41, 5.74) is 4.70. The van der Waals surface area contributed by atoms with Crippen molar-refractivity contribution in [1.82, 2.24) is 20.2 Å². The van der Waals surface area contributed by atoms with Crippen molar-refractivity contribution in [3.05, 3.63) is 86.4 Å². The van der Waals surface area contributed by atoms with Crippen LogP contribution < -0.4 is 10.9 Å². The van der Waals surface area contributed by atoms with Crippen LogP contribution in [0.2, 0.25) is 5.02 Å². The molecule has 0 bridgehead atoms. The summed E-state index contributed by atoms with van der Waals surface area (Å²) in [5.74, 6) is 0.852. The molecular formula is C23H24ClN5O. The molecule has 0 unspecified atom stereocenters. The van der Waals surface area contributed by atoms with E-state index in [1.165, 1.54) is 5.56 Å². The molecule has 0 saturated carbocycles. The van der Waals surface area contributed by atoms with E-state index in [-0.39, 0.29) is 5.56 Å². The van der Waals surface area contributed by atoms with Gasteiger partial charge in [0.1, 0.15) is 5.69 Å². The van der Waals surface area contributed by atoms with Crippen LogP contribution >= 0.6 is 11.6 Å². The monoisotopic (exact) mass is 421 g/mol. The lowest BCUT2D eigenvalue weighted by molar-refractivity contribution is 0.850. The van der Waals surface area contributed by atoms with Crippen LogP contribution in [0.3, 0.4) is 0 Å². The van der Waals surface area contributed by atoms with E-state index in [0.717, 1.165) is 28.5 Å². The molecule has 3 N–H and O–H groups in total. The Labute approximate surface area is 179 Å². The Morgan fingerprint density at radius 3 is 2.63 bits per heavy atom. The molecule has 2 aromatic heterocycles. The van der Waals surface area contributed by atoms with Crippen LogP contribution in [0.15, 0.2) is 53.5 Å². The number of aromatic amines is 2. The van der Waals surface area contributed by atoms with Crippen LogP contribution in [0.1, 0.15) is 42.1 Å². The maximum atomic E-state index is 12.4. The molecule has 0 spiro atoms. The predicted octanol–water partition coefficient (Wildman–Crippen LogP) is 4.67. The molecule has 0 aliphatic heterocycles. The van der Waals surface area contributed by atoms with Gasteiger partial charge in [-0.05, 0) is 47.2 Å². The number of fused-ring (bicyclic) bond motifs is 1. The van der Waals surface area contributed by atoms with Gasteiger partial charge in [-0.15, -0.1) is 10.2 Å². The third-order valence-corrected chi connectivity index (χ3v) is 5.43. The maximum absolute atomic E-state index is 12.4. The fourth-order valence-corrected chi connectivity index (χ4v) is 3.61. The summed E-state index contributed by atoms with van der Waals surface area (Å²) < 4.78 is 0. The Kier molecular flexibility index (Phi) is 5.86. The van der Waals surface area contributed by atoms with Crippen molar-refractivity contribution < 1.29 is 0 Å². The second-order valence-electron chi connectivity index (χ2n) is 7.70. The van der Waals surface area contributed by atoms with Crippen molar-refractivity contribution in [2.24, 2.45) is 0 Å². The van der Waals surface area contributed by atoms with E-state index in [9.17, 15) is 4.79 Å². The lowest BCUT2D eigenvalue weighted by Crippen LogP contribution is -2.20. The minimum absolute atomic E-state index is 0.223. The van der Waals surface area contributed by atoms with Gasteiger partial charge in [0.25, 0.3) is 5.56 Å². The number of hydrogen-bond donors (Lipinski definition) is 3. The van der Waals surface area contributed by atoms with Gasteiger partial charge in [-0.3, -0.25) is 9.78 Å². The van der Waals surface area contributed by atoms with Crippen LogP contribution in [0.4, 0.5) is 5.95 Å². The fourth-order valence-electron chi connectivity index (χ4n) is 3.44. The summed E-state index contributed by atoms with van der Waals surface area (Å²) in [4.78, 5) is 18.4. The van der Waals surface area contributed by atoms with Crippen molar-refractivity contribution >= 4 is 28.5 Å². The Bertz CT molecular complexity index is 1210. The van der Waals surface area contributed by atoms with Gasteiger partial charge in [-0.1, -0.05) is 49.7 Å². The van der Waals surface area contributed by atoms with Crippen molar-refractivity contribution in [1.29, 1.82) is 0 Å². The van der Waals surface area contributed by atoms with Gasteiger partial charge in [-0.25, -0.2) is 0 Å². The minimum atomic E-state index is -0.223. The molecule has 0 aliphatic rings. The molecule has 4 aromatic rings. The first-order valence-corrected chi connectivity index (χ1v) is 10.4. The zero-order chi connectivity index (χ0) is 21.1. The molecule has 0 amide bonds. The van der Waals surface area contributed by atoms with E-state index < -0.39 is 0 Å². The lowest BCUT2D eigenvalue weighted by atomic mass is 10.0. The first kappa shape index (κ1) is 20.2. The highest BCUT2D eigenvalue weighted by atomic mass is 35.5. The first-order valence-electron chi connectivity index (χ1n) is 10.0. The van der Waals surface area contributed by atoms with Gasteiger partial charge < -0.3 is 10.3 Å². The standard InChI is InChI=1S/C23H24ClN5O/c1-14(2)16-5-3-15(4-6-16)11-21-22(30)27-23(29-28-21)25-10-9-17-13-26-20-8-7-18(24)12-19(17)20/h3-8,12-14,26H,9-11H2,1-2H3,(H2,25,27,29,30). The van der Waals surface area contributed by atoms with E-state index in [0.29, 0.717) is 35.5 Å². The summed E-state index contributed by atoms with van der Waals surface area (Å²) in [7, 11) is 0. The van der Waals surface area contributed by atoms with Gasteiger partial charge in [0.2, 0.25) is 5.95 Å². The zero-order valence-corrected chi connectivity index (χ0v) is 17.8. The Morgan fingerprint density at radius 1 is 1.10 bits per heavy atom. The largest absolute Gasteiger partial charge is 0.361 e. The Hall–Kier alpha value is -3.12. The first-order chi connectivity index (χ1) is 14.5. The zero-order valence-electron chi connectivity index (χ0n) is 17.0. The Morgan fingerprint density at radius 2 is 1.90 bits per heavy atom. The summed E-state index contributed by atoms with van der Waals surface area (Å²) in [5, 5.41) is 13.2. The minimum Gasteiger partial charge on any atom is -0.361 e. The van der Waals surface area contributed by atoms with E-state index in [1.54, 1.807) is 0 Å². The van der Waals surface area contributed by atoms with Crippen molar-refractivity contribution in [3.63, 3.8) is 0 Å². The summed E-state index contributed by atoms with van der Waals surface area (Å²) in [6, 6.07) is 14.0. The second kappa shape index (κ2) is 8.71. The molecule has 30 heavy (non-hydrogen) atoms. The molecule has 2 heterocycles. The number of nitrogens with zero attached hydrogens (tertiary/aromatic N) is 2. The van der Waals surface area contributed by atoms with Crippen molar-refractivity contribution in [3.8, 4) is 0 Å². The molecule has 0 saturated heterocycles. The Balaban J connectivity index is 1.38. The van der Waals surface area contributed by atoms with Gasteiger partial charge in [0, 0.05) is 35.1 Å². The number of benzene rings is 2. The number of hydrogen-bond acceptors (Lipinski definition) is 4. The second-order valence-corrected chi connectivity index (χ2v) is 8.14. The number of halogens is 1. The summed E-state index contributed by atoms with van der Waals surface area (Å²) in [6.07, 6.45) is 3.19. The topological polar surface area (TPSA) is 86.5 Å². The van der Waals surface area contributed by atoms with Crippen LogP contribution in [-0.2, 0) is 12.8 Å². The van der Waals surface area contributed by atoms with Gasteiger partial charge in [0.15, 0.2) is 0 Å². The van der Waals surface area contributed by atoms with E-state index in [1.807, 2.05) is 36.5 Å². The quantitative estimate of drug-likeness (QED) is 0.404. The highest BCUT2D eigenvalue weighted by molar-refractivity contribution is 6.31. The van der Waals surface area contributed by atoms with Gasteiger partial charge >= 0.3 is 0 Å². The molecule has 0 fully saturated rings. The van der Waals surface area contributed by atoms with Crippen molar-refractivity contribution in [2.45, 2.75) is 32.6 Å². The third kappa shape index (κ3) is 4.54. The molecular weight excluding hydrogens is 398 g/mol. The molecule has 0 radical (unpaired) electrons. The van der Waals surface area contributed by atoms with Gasteiger partial charge in [0.05, 0.1) is 0 Å². The third-order valence-electron chi connectivity index (χ3n) is 5.20. The summed E-state index contributed by atoms with van der Waals surface area (Å²) in [6.45, 7) is 4.93. The maximum Gasteiger partial charge on any atom is 0.274 e. The SMILES string of the molecule is CC(C)c1ccc(Cc2nnc(NCCc3c[nH]c4ccc(Cl)cc34)[nH]c2=O)cc1. The summed E-state index contributed by atoms with van der Waals surface area (Å²) >= 11 is 6.10. The average Bonchev–Trinajstić information content (AvgIpc) is 3.12. The van der Waals surface area contributed by atoms with Crippen molar-refractivity contribution in [2.75, 3.05) is 11.9 Å². The van der Waals surface area contributed by atoms with E-state index in [2.05, 4.69) is 51.5 Å². The molecule has 4 rings (SSSR count). The normalized spacial score (nSPS) is 11.3. The molecule has 6 nitrogen and oxygen atoms in total. The number of H-pyrrole nitrogens is 2. The number of nitrogens with one attached hydrogen (secondary N) is 3. The highest BCUT2D eigenvalue weighted by Gasteiger charge is 2.08. The molecule has 7 heteroatoms. The molecule has 154 valence electrons. The predicted molar refractivity (Wildman–Crippen MR) is 121 cm³/mol. The number of rotatable bonds is 7. The van der Waals surface area contributed by atoms with Gasteiger partial charge in [-0.2, -0.15) is 0 Å². The van der Waals surface area contributed by atoms with Crippen LogP contribution in [0.25, 0.3) is 10.9 Å². The van der Waals surface area contributed by atoms with Crippen LogP contribution in [0.5, 0.6) is 0 Å². The average molecular weight is 422 g/mol. The highest BCUT2D eigenvalue weighted by Crippen LogP contribution is 2.22. The fraction of sp³-hybridized carbons (Fsp3) is 0.261. The lowest BCUT2D eigenvalue weighted by Gasteiger charge is -2.07. The van der Waals surface area contributed by atoms with Crippen LogP contribution in [0, 0.1) is 0 Å². The molecule has 2 aromatic carbocycles. The van der Waals surface area contributed by atoms with E-state index >= 15 is 0 Å². The molecule has 0 aliphatic carbocycles.